The zero-order valence-corrected chi connectivity index (χ0v) is 14.0. The Morgan fingerprint density at radius 2 is 1.60 bits per heavy atom. The second-order valence-corrected chi connectivity index (χ2v) is 6.82. The molecular formula is C20H13N3OS. The highest BCUT2D eigenvalue weighted by Gasteiger charge is 2.22. The number of benzene rings is 3. The minimum absolute atomic E-state index is 0.259. The Hall–Kier alpha value is -3.05. The molecule has 120 valence electrons. The van der Waals surface area contributed by atoms with Gasteiger partial charge in [0.25, 0.3) is 0 Å². The fourth-order valence-corrected chi connectivity index (χ4v) is 4.02. The van der Waals surface area contributed by atoms with Gasteiger partial charge in [-0.05, 0) is 30.3 Å². The van der Waals surface area contributed by atoms with Crippen molar-refractivity contribution in [3.8, 4) is 22.8 Å². The molecule has 0 saturated carbocycles. The van der Waals surface area contributed by atoms with Gasteiger partial charge in [-0.1, -0.05) is 48.2 Å². The van der Waals surface area contributed by atoms with Gasteiger partial charge in [0.1, 0.15) is 5.75 Å². The van der Waals surface area contributed by atoms with Crippen molar-refractivity contribution in [2.45, 2.75) is 9.79 Å². The van der Waals surface area contributed by atoms with E-state index >= 15 is 0 Å². The number of fused-ring (bicyclic) bond motifs is 3. The maximum absolute atomic E-state index is 6.23. The number of nitrogens with zero attached hydrogens (tertiary/aromatic N) is 2. The summed E-state index contributed by atoms with van der Waals surface area (Å²) in [6.45, 7) is 0. The third kappa shape index (κ3) is 2.32. The Morgan fingerprint density at radius 1 is 0.800 bits per heavy atom. The minimum atomic E-state index is 0.259. The summed E-state index contributed by atoms with van der Waals surface area (Å²) in [5.74, 6) is 1.93. The number of rotatable bonds is 1. The molecule has 0 aliphatic carbocycles. The summed E-state index contributed by atoms with van der Waals surface area (Å²) >= 11 is 1.70. The molecule has 0 unspecified atom stereocenters. The van der Waals surface area contributed by atoms with E-state index in [4.69, 9.17) is 10.5 Å². The molecule has 1 aliphatic rings. The standard InChI is InChI=1S/C20H13N3OS/c21-20-22-14-8-2-1-6-12(14)18(23-20)13-7-5-11-17-19(13)24-15-9-3-4-10-16(15)25-17/h1-11H,(H2,21,22,23). The van der Waals surface area contributed by atoms with Crippen LogP contribution in [0.25, 0.3) is 22.2 Å². The highest BCUT2D eigenvalue weighted by atomic mass is 32.2. The molecule has 4 aromatic rings. The molecular weight excluding hydrogens is 330 g/mol. The van der Waals surface area contributed by atoms with Crippen LogP contribution < -0.4 is 10.5 Å². The molecule has 0 fully saturated rings. The molecule has 2 N–H and O–H groups in total. The molecule has 0 spiro atoms. The van der Waals surface area contributed by atoms with Crippen molar-refractivity contribution in [1.29, 1.82) is 0 Å². The van der Waals surface area contributed by atoms with Gasteiger partial charge in [-0.3, -0.25) is 0 Å². The van der Waals surface area contributed by atoms with Crippen LogP contribution in [0.15, 0.2) is 76.5 Å². The fourth-order valence-electron chi connectivity index (χ4n) is 3.04. The highest BCUT2D eigenvalue weighted by Crippen LogP contribution is 2.50. The molecule has 0 amide bonds. The maximum atomic E-state index is 6.23. The largest absolute Gasteiger partial charge is 0.454 e. The van der Waals surface area contributed by atoms with Crippen LogP contribution in [0.2, 0.25) is 0 Å². The lowest BCUT2D eigenvalue weighted by atomic mass is 10.1. The smallest absolute Gasteiger partial charge is 0.221 e. The van der Waals surface area contributed by atoms with E-state index in [1.165, 1.54) is 0 Å². The lowest BCUT2D eigenvalue weighted by Gasteiger charge is -2.22. The molecule has 4 nitrogen and oxygen atoms in total. The van der Waals surface area contributed by atoms with Crippen LogP contribution in [0.4, 0.5) is 5.95 Å². The van der Waals surface area contributed by atoms with Gasteiger partial charge in [-0.15, -0.1) is 0 Å². The minimum Gasteiger partial charge on any atom is -0.454 e. The van der Waals surface area contributed by atoms with Crippen LogP contribution in [-0.2, 0) is 0 Å². The van der Waals surface area contributed by atoms with Crippen molar-refractivity contribution < 1.29 is 4.74 Å². The van der Waals surface area contributed by atoms with E-state index in [-0.39, 0.29) is 5.95 Å². The van der Waals surface area contributed by atoms with Gasteiger partial charge >= 0.3 is 0 Å². The third-order valence-corrected chi connectivity index (χ3v) is 5.23. The van der Waals surface area contributed by atoms with Crippen LogP contribution in [0, 0.1) is 0 Å². The SMILES string of the molecule is Nc1nc(-c2cccc3c2Oc2ccccc2S3)c2ccccc2n1. The first-order valence-electron chi connectivity index (χ1n) is 7.90. The van der Waals surface area contributed by atoms with Crippen molar-refractivity contribution in [3.05, 3.63) is 66.7 Å². The predicted octanol–water partition coefficient (Wildman–Crippen LogP) is 5.14. The number of hydrogen-bond acceptors (Lipinski definition) is 5. The van der Waals surface area contributed by atoms with Crippen LogP contribution in [0.5, 0.6) is 11.5 Å². The van der Waals surface area contributed by atoms with Crippen LogP contribution in [0.3, 0.4) is 0 Å². The number of ether oxygens (including phenoxy) is 1. The lowest BCUT2D eigenvalue weighted by molar-refractivity contribution is 0.456. The van der Waals surface area contributed by atoms with E-state index in [0.717, 1.165) is 43.5 Å². The average molecular weight is 343 g/mol. The summed E-state index contributed by atoms with van der Waals surface area (Å²) in [5.41, 5.74) is 8.48. The Bertz CT molecular complexity index is 1130. The number of nitrogens with two attached hydrogens (primary N) is 1. The van der Waals surface area contributed by atoms with Gasteiger partial charge in [0.15, 0.2) is 5.75 Å². The van der Waals surface area contributed by atoms with Crippen molar-refractivity contribution in [3.63, 3.8) is 0 Å². The van der Waals surface area contributed by atoms with E-state index in [1.54, 1.807) is 11.8 Å². The van der Waals surface area contributed by atoms with Crippen molar-refractivity contribution in [2.75, 3.05) is 5.73 Å². The lowest BCUT2D eigenvalue weighted by Crippen LogP contribution is -2.01. The number of aromatic nitrogens is 2. The molecule has 1 aromatic heterocycles. The predicted molar refractivity (Wildman–Crippen MR) is 100 cm³/mol. The van der Waals surface area contributed by atoms with E-state index in [9.17, 15) is 0 Å². The van der Waals surface area contributed by atoms with Gasteiger partial charge < -0.3 is 10.5 Å². The molecule has 0 atom stereocenters. The van der Waals surface area contributed by atoms with Gasteiger partial charge in [0.2, 0.25) is 5.95 Å². The van der Waals surface area contributed by atoms with Gasteiger partial charge in [-0.25, -0.2) is 9.97 Å². The monoisotopic (exact) mass is 343 g/mol. The summed E-state index contributed by atoms with van der Waals surface area (Å²) in [6.07, 6.45) is 0. The molecule has 5 heteroatoms. The zero-order chi connectivity index (χ0) is 16.8. The van der Waals surface area contributed by atoms with Crippen LogP contribution >= 0.6 is 11.8 Å². The first kappa shape index (κ1) is 14.3. The van der Waals surface area contributed by atoms with Crippen molar-refractivity contribution >= 4 is 28.6 Å². The van der Waals surface area contributed by atoms with Gasteiger partial charge in [-0.2, -0.15) is 0 Å². The first-order valence-corrected chi connectivity index (χ1v) is 8.71. The van der Waals surface area contributed by atoms with E-state index in [1.807, 2.05) is 54.6 Å². The molecule has 0 radical (unpaired) electrons. The summed E-state index contributed by atoms with van der Waals surface area (Å²) in [5, 5.41) is 0.956. The number of nitrogen functional groups attached to an aromatic ring is 1. The number of anilines is 1. The van der Waals surface area contributed by atoms with E-state index in [0.29, 0.717) is 0 Å². The average Bonchev–Trinajstić information content (AvgIpc) is 2.65. The molecule has 0 bridgehead atoms. The Balaban J connectivity index is 1.76. The summed E-state index contributed by atoms with van der Waals surface area (Å²) in [6, 6.07) is 22.0. The normalized spacial score (nSPS) is 12.3. The Labute approximate surface area is 148 Å². The second-order valence-electron chi connectivity index (χ2n) is 5.73. The van der Waals surface area contributed by atoms with Gasteiger partial charge in [0.05, 0.1) is 21.0 Å². The van der Waals surface area contributed by atoms with Crippen molar-refractivity contribution in [1.82, 2.24) is 9.97 Å². The molecule has 25 heavy (non-hydrogen) atoms. The summed E-state index contributed by atoms with van der Waals surface area (Å²) < 4.78 is 6.23. The molecule has 2 heterocycles. The van der Waals surface area contributed by atoms with Crippen LogP contribution in [-0.4, -0.2) is 9.97 Å². The number of hydrogen-bond donors (Lipinski definition) is 1. The summed E-state index contributed by atoms with van der Waals surface area (Å²) in [7, 11) is 0. The Kier molecular flexibility index (Phi) is 3.15. The third-order valence-electron chi connectivity index (χ3n) is 4.14. The van der Waals surface area contributed by atoms with E-state index < -0.39 is 0 Å². The maximum Gasteiger partial charge on any atom is 0.221 e. The van der Waals surface area contributed by atoms with E-state index in [2.05, 4.69) is 22.1 Å². The Morgan fingerprint density at radius 3 is 2.56 bits per heavy atom. The second kappa shape index (κ2) is 5.50. The van der Waals surface area contributed by atoms with Crippen LogP contribution in [0.1, 0.15) is 0 Å². The van der Waals surface area contributed by atoms with Gasteiger partial charge in [0, 0.05) is 10.9 Å². The molecule has 5 rings (SSSR count). The fraction of sp³-hybridized carbons (Fsp3) is 0. The highest BCUT2D eigenvalue weighted by molar-refractivity contribution is 7.99. The molecule has 3 aromatic carbocycles. The van der Waals surface area contributed by atoms with Crippen molar-refractivity contribution in [2.24, 2.45) is 0 Å². The summed E-state index contributed by atoms with van der Waals surface area (Å²) in [4.78, 5) is 11.0. The molecule has 1 aliphatic heterocycles. The topological polar surface area (TPSA) is 61.0 Å². The first-order chi connectivity index (χ1) is 12.3. The number of para-hydroxylation sites is 3. The zero-order valence-electron chi connectivity index (χ0n) is 13.1. The molecule has 0 saturated heterocycles. The quantitative estimate of drug-likeness (QED) is 0.457.